The van der Waals surface area contributed by atoms with Gasteiger partial charge in [-0.05, 0) is 49.2 Å². The molecule has 1 saturated heterocycles. The number of aliphatic hydroxyl groups excluding tert-OH is 1. The van der Waals surface area contributed by atoms with Crippen molar-refractivity contribution in [1.29, 1.82) is 0 Å². The highest BCUT2D eigenvalue weighted by molar-refractivity contribution is 6.30. The predicted octanol–water partition coefficient (Wildman–Crippen LogP) is 4.68. The van der Waals surface area contributed by atoms with E-state index in [0.717, 1.165) is 12.0 Å². The number of carbonyl (C=O) groups excluding carboxylic acids is 1. The Morgan fingerprint density at radius 2 is 1.97 bits per heavy atom. The topological polar surface area (TPSA) is 105 Å². The Morgan fingerprint density at radius 1 is 1.21 bits per heavy atom. The molecule has 2 aromatic carbocycles. The summed E-state index contributed by atoms with van der Waals surface area (Å²) in [4.78, 5) is 24.0. The summed E-state index contributed by atoms with van der Waals surface area (Å²) in [5, 5.41) is 22.3. The van der Waals surface area contributed by atoms with Gasteiger partial charge in [0.2, 0.25) is 5.91 Å². The van der Waals surface area contributed by atoms with Crippen LogP contribution in [-0.2, 0) is 9.53 Å². The van der Waals surface area contributed by atoms with Crippen LogP contribution < -0.4 is 10.1 Å². The van der Waals surface area contributed by atoms with Crippen molar-refractivity contribution in [2.45, 2.75) is 57.3 Å². The summed E-state index contributed by atoms with van der Waals surface area (Å²) in [5.41, 5.74) is 0.954. The maximum Gasteiger partial charge on any atom is 0.335 e. The van der Waals surface area contributed by atoms with Crippen LogP contribution in [0.2, 0.25) is 5.02 Å². The fourth-order valence-corrected chi connectivity index (χ4v) is 4.36. The highest BCUT2D eigenvalue weighted by atomic mass is 35.5. The Balaban J connectivity index is 2.02. The first-order valence-corrected chi connectivity index (χ1v) is 11.5. The number of ether oxygens (including phenoxy) is 2. The molecule has 2 aromatic rings. The molecule has 0 aliphatic carbocycles. The number of carboxylic acids is 1. The number of aliphatic hydroxyl groups is 1. The molecule has 0 saturated carbocycles. The molecular weight excluding hydrogens is 446 g/mol. The van der Waals surface area contributed by atoms with Gasteiger partial charge in [0.15, 0.2) is 0 Å². The average Bonchev–Trinajstić information content (AvgIpc) is 2.77. The molecule has 3 N–H and O–H groups in total. The Morgan fingerprint density at radius 3 is 2.64 bits per heavy atom. The number of carboxylic acid groups (broad SMARTS) is 1. The third kappa shape index (κ3) is 6.47. The number of hydrogen-bond donors (Lipinski definition) is 3. The monoisotopic (exact) mass is 475 g/mol. The summed E-state index contributed by atoms with van der Waals surface area (Å²) >= 11 is 6.21. The summed E-state index contributed by atoms with van der Waals surface area (Å²) in [7, 11) is 0. The summed E-state index contributed by atoms with van der Waals surface area (Å²) < 4.78 is 12.4. The zero-order valence-electron chi connectivity index (χ0n) is 18.8. The lowest BCUT2D eigenvalue weighted by atomic mass is 9.81. The van der Waals surface area contributed by atoms with Crippen molar-refractivity contribution in [2.24, 2.45) is 0 Å². The molecular formula is C25H30ClNO6. The van der Waals surface area contributed by atoms with E-state index in [1.807, 2.05) is 32.0 Å². The van der Waals surface area contributed by atoms with Crippen LogP contribution in [0.5, 0.6) is 5.75 Å². The van der Waals surface area contributed by atoms with Crippen LogP contribution in [0, 0.1) is 0 Å². The molecule has 1 heterocycles. The van der Waals surface area contributed by atoms with E-state index in [4.69, 9.17) is 26.2 Å². The van der Waals surface area contributed by atoms with Crippen molar-refractivity contribution in [3.05, 3.63) is 64.2 Å². The van der Waals surface area contributed by atoms with Crippen LogP contribution in [0.3, 0.4) is 0 Å². The molecule has 0 aromatic heterocycles. The van der Waals surface area contributed by atoms with Gasteiger partial charge >= 0.3 is 5.97 Å². The van der Waals surface area contributed by atoms with E-state index >= 15 is 0 Å². The minimum absolute atomic E-state index is 0.00229. The Hall–Kier alpha value is -2.61. The van der Waals surface area contributed by atoms with Gasteiger partial charge in [0.1, 0.15) is 5.75 Å². The minimum Gasteiger partial charge on any atom is -0.493 e. The molecule has 0 radical (unpaired) electrons. The molecule has 0 bridgehead atoms. The van der Waals surface area contributed by atoms with Crippen molar-refractivity contribution < 1.29 is 29.3 Å². The van der Waals surface area contributed by atoms with Crippen molar-refractivity contribution in [1.82, 2.24) is 5.32 Å². The number of aromatic carboxylic acids is 1. The lowest BCUT2D eigenvalue weighted by Crippen LogP contribution is -2.51. The fraction of sp³-hybridized carbons (Fsp3) is 0.440. The predicted molar refractivity (Wildman–Crippen MR) is 125 cm³/mol. The normalized spacial score (nSPS) is 22.5. The van der Waals surface area contributed by atoms with Crippen molar-refractivity contribution in [2.75, 3.05) is 13.2 Å². The van der Waals surface area contributed by atoms with Gasteiger partial charge < -0.3 is 25.0 Å². The summed E-state index contributed by atoms with van der Waals surface area (Å²) in [6, 6.07) is 12.1. The first-order valence-electron chi connectivity index (χ1n) is 11.1. The van der Waals surface area contributed by atoms with E-state index in [1.165, 1.54) is 6.07 Å². The van der Waals surface area contributed by atoms with E-state index in [1.54, 1.807) is 18.2 Å². The molecule has 1 amide bonds. The largest absolute Gasteiger partial charge is 0.493 e. The second-order valence-corrected chi connectivity index (χ2v) is 9.00. The highest BCUT2D eigenvalue weighted by Gasteiger charge is 2.41. The van der Waals surface area contributed by atoms with Gasteiger partial charge in [-0.25, -0.2) is 4.79 Å². The molecule has 1 fully saturated rings. The molecule has 33 heavy (non-hydrogen) atoms. The van der Waals surface area contributed by atoms with E-state index in [-0.39, 0.29) is 24.5 Å². The third-order valence-corrected chi connectivity index (χ3v) is 5.90. The van der Waals surface area contributed by atoms with E-state index in [9.17, 15) is 14.7 Å². The molecule has 1 aliphatic rings. The minimum atomic E-state index is -1.04. The van der Waals surface area contributed by atoms with Gasteiger partial charge in [-0.1, -0.05) is 30.7 Å². The Labute approximate surface area is 198 Å². The SMILES string of the molecule is CCCOc1ccc(C(=O)O)cc1[C@H]1C[C@](C)(NC(=O)CCO)C[C@@H](c2cccc(Cl)c2)O1. The maximum atomic E-state index is 12.4. The third-order valence-electron chi connectivity index (χ3n) is 5.67. The van der Waals surface area contributed by atoms with Gasteiger partial charge in [0.25, 0.3) is 0 Å². The first-order chi connectivity index (χ1) is 15.7. The zero-order chi connectivity index (χ0) is 24.0. The second-order valence-electron chi connectivity index (χ2n) is 8.57. The molecule has 1 aliphatic heterocycles. The summed E-state index contributed by atoms with van der Waals surface area (Å²) in [6.45, 7) is 4.16. The number of nitrogens with one attached hydrogen (secondary N) is 1. The number of halogens is 1. The zero-order valence-corrected chi connectivity index (χ0v) is 19.6. The molecule has 0 unspecified atom stereocenters. The van der Waals surface area contributed by atoms with Crippen molar-refractivity contribution in [3.8, 4) is 5.75 Å². The van der Waals surface area contributed by atoms with E-state index in [2.05, 4.69) is 5.32 Å². The number of amides is 1. The van der Waals surface area contributed by atoms with Gasteiger partial charge in [-0.3, -0.25) is 4.79 Å². The van der Waals surface area contributed by atoms with Crippen LogP contribution in [0.15, 0.2) is 42.5 Å². The van der Waals surface area contributed by atoms with Crippen LogP contribution in [0.1, 0.15) is 73.2 Å². The Kier molecular flexibility index (Phi) is 8.35. The average molecular weight is 476 g/mol. The quantitative estimate of drug-likeness (QED) is 0.486. The van der Waals surface area contributed by atoms with Crippen LogP contribution in [0.25, 0.3) is 0 Å². The fourth-order valence-electron chi connectivity index (χ4n) is 4.16. The maximum absolute atomic E-state index is 12.4. The summed E-state index contributed by atoms with van der Waals surface area (Å²) in [5.74, 6) is -0.741. The second kappa shape index (κ2) is 11.0. The molecule has 3 atom stereocenters. The van der Waals surface area contributed by atoms with Gasteiger partial charge in [-0.15, -0.1) is 0 Å². The smallest absolute Gasteiger partial charge is 0.335 e. The lowest BCUT2D eigenvalue weighted by molar-refractivity contribution is -0.129. The van der Waals surface area contributed by atoms with E-state index < -0.39 is 23.7 Å². The molecule has 0 spiro atoms. The number of hydrogen-bond acceptors (Lipinski definition) is 5. The van der Waals surface area contributed by atoms with Crippen LogP contribution in [0.4, 0.5) is 0 Å². The molecule has 178 valence electrons. The first kappa shape index (κ1) is 25.0. The number of benzene rings is 2. The molecule has 8 heteroatoms. The molecule has 3 rings (SSSR count). The van der Waals surface area contributed by atoms with Gasteiger partial charge in [0.05, 0.1) is 31.0 Å². The highest BCUT2D eigenvalue weighted by Crippen LogP contribution is 2.46. The van der Waals surface area contributed by atoms with Crippen molar-refractivity contribution >= 4 is 23.5 Å². The number of rotatable bonds is 9. The van der Waals surface area contributed by atoms with Crippen molar-refractivity contribution in [3.63, 3.8) is 0 Å². The van der Waals surface area contributed by atoms with E-state index in [0.29, 0.717) is 35.8 Å². The number of carbonyl (C=O) groups is 2. The summed E-state index contributed by atoms with van der Waals surface area (Å²) in [6.07, 6.45) is 0.772. The molecule has 7 nitrogen and oxygen atoms in total. The standard InChI is InChI=1S/C25H30ClNO6/c1-3-11-32-20-8-7-17(24(30)31)13-19(20)22-15-25(2,27-23(29)9-10-28)14-21(33-22)16-5-4-6-18(26)12-16/h4-8,12-13,21-22,28H,3,9-11,14-15H2,1-2H3,(H,27,29)(H,30,31)/t21-,22+,25+/m0/s1. The van der Waals surface area contributed by atoms with Gasteiger partial charge in [-0.2, -0.15) is 0 Å². The van der Waals surface area contributed by atoms with Gasteiger partial charge in [0, 0.05) is 35.4 Å². The lowest BCUT2D eigenvalue weighted by Gasteiger charge is -2.43. The van der Waals surface area contributed by atoms with Crippen LogP contribution in [-0.4, -0.2) is 40.8 Å². The Bertz CT molecular complexity index is 997. The van der Waals surface area contributed by atoms with Crippen LogP contribution >= 0.6 is 11.6 Å².